The summed E-state index contributed by atoms with van der Waals surface area (Å²) < 4.78 is 2.09. The Hall–Kier alpha value is -2.66. The lowest BCUT2D eigenvalue weighted by Crippen LogP contribution is -2.26. The van der Waals surface area contributed by atoms with Crippen LogP contribution in [0.15, 0.2) is 43.0 Å². The minimum Gasteiger partial charge on any atom is -0.355 e. The molecule has 0 atom stereocenters. The number of nitrogens with zero attached hydrogens (tertiary/aromatic N) is 2. The Kier molecular flexibility index (Phi) is 6.52. The number of aromatic nitrogens is 1. The number of hydrogen-bond acceptors (Lipinski definition) is 3. The number of carbonyl (C=O) groups excluding carboxylic acids is 2. The molecule has 1 aromatic heterocycles. The number of Topliss-reactive ketones (excluding diaryl/α,β-unsaturated/α-hetero) is 1. The summed E-state index contributed by atoms with van der Waals surface area (Å²) in [6.07, 6.45) is 1.84. The summed E-state index contributed by atoms with van der Waals surface area (Å²) in [6, 6.07) is 9.38. The molecule has 2 aromatic rings. The Bertz CT molecular complexity index is 803. The first-order chi connectivity index (χ1) is 12.4. The van der Waals surface area contributed by atoms with Crippen LogP contribution in [-0.2, 0) is 13.1 Å². The summed E-state index contributed by atoms with van der Waals surface area (Å²) >= 11 is 0. The van der Waals surface area contributed by atoms with E-state index in [-0.39, 0.29) is 11.7 Å². The predicted molar refractivity (Wildman–Crippen MR) is 105 cm³/mol. The zero-order valence-corrected chi connectivity index (χ0v) is 16.0. The molecule has 2 rings (SSSR count). The van der Waals surface area contributed by atoms with Crippen molar-refractivity contribution in [3.05, 3.63) is 71.1 Å². The first-order valence-corrected chi connectivity index (χ1v) is 8.67. The molecule has 0 spiro atoms. The van der Waals surface area contributed by atoms with Crippen LogP contribution in [0.5, 0.6) is 0 Å². The van der Waals surface area contributed by atoms with Crippen molar-refractivity contribution in [2.45, 2.75) is 26.9 Å². The summed E-state index contributed by atoms with van der Waals surface area (Å²) in [5, 5.41) is 2.60. The van der Waals surface area contributed by atoms with Crippen molar-refractivity contribution in [3.8, 4) is 0 Å². The smallest absolute Gasteiger partial charge is 0.251 e. The highest BCUT2D eigenvalue weighted by molar-refractivity contribution is 5.99. The number of rotatable bonds is 8. The van der Waals surface area contributed by atoms with Crippen LogP contribution in [0.1, 0.15) is 37.7 Å². The van der Waals surface area contributed by atoms with Crippen LogP contribution in [0.2, 0.25) is 0 Å². The second kappa shape index (κ2) is 8.63. The van der Waals surface area contributed by atoms with E-state index < -0.39 is 0 Å². The lowest BCUT2D eigenvalue weighted by atomic mass is 10.1. The Balaban J connectivity index is 2.02. The Morgan fingerprint density at radius 3 is 2.46 bits per heavy atom. The quantitative estimate of drug-likeness (QED) is 0.586. The molecule has 1 heterocycles. The normalized spacial score (nSPS) is 10.8. The summed E-state index contributed by atoms with van der Waals surface area (Å²) in [4.78, 5) is 26.3. The molecule has 0 unspecified atom stereocenters. The molecule has 5 heteroatoms. The molecule has 0 saturated carbocycles. The Morgan fingerprint density at radius 2 is 1.88 bits per heavy atom. The average Bonchev–Trinajstić information content (AvgIpc) is 2.90. The van der Waals surface area contributed by atoms with E-state index in [1.165, 1.54) is 0 Å². The van der Waals surface area contributed by atoms with Crippen molar-refractivity contribution in [2.24, 2.45) is 0 Å². The highest BCUT2D eigenvalue weighted by atomic mass is 16.1. The molecule has 0 aliphatic rings. The number of carbonyl (C=O) groups is 2. The first-order valence-electron chi connectivity index (χ1n) is 8.67. The standard InChI is InChI=1S/C21H27N3O2/c1-6-11-24-15(2)12-19(16(24)3)20(25)14-23(5)13-17-7-9-18(10-8-17)21(26)22-4/h6-10,12H,1,11,13-14H2,2-5H3,(H,22,26). The highest BCUT2D eigenvalue weighted by Gasteiger charge is 2.17. The monoisotopic (exact) mass is 353 g/mol. The van der Waals surface area contributed by atoms with Crippen molar-refractivity contribution in [2.75, 3.05) is 20.6 Å². The molecule has 1 aromatic carbocycles. The second-order valence-electron chi connectivity index (χ2n) is 6.56. The van der Waals surface area contributed by atoms with Gasteiger partial charge in [0.25, 0.3) is 5.91 Å². The van der Waals surface area contributed by atoms with Crippen LogP contribution in [0.3, 0.4) is 0 Å². The molecule has 0 saturated heterocycles. The van der Waals surface area contributed by atoms with E-state index in [9.17, 15) is 9.59 Å². The maximum atomic E-state index is 12.7. The topological polar surface area (TPSA) is 54.3 Å². The van der Waals surface area contributed by atoms with Crippen molar-refractivity contribution >= 4 is 11.7 Å². The minimum absolute atomic E-state index is 0.102. The molecule has 0 aliphatic heterocycles. The third kappa shape index (κ3) is 4.49. The SMILES string of the molecule is C=CCn1c(C)cc(C(=O)CN(C)Cc2ccc(C(=O)NC)cc2)c1C. The number of benzene rings is 1. The van der Waals surface area contributed by atoms with Crippen LogP contribution in [0, 0.1) is 13.8 Å². The van der Waals surface area contributed by atoms with E-state index >= 15 is 0 Å². The van der Waals surface area contributed by atoms with E-state index in [1.807, 2.05) is 50.1 Å². The lowest BCUT2D eigenvalue weighted by Gasteiger charge is -2.16. The summed E-state index contributed by atoms with van der Waals surface area (Å²) in [6.45, 7) is 9.44. The van der Waals surface area contributed by atoms with Gasteiger partial charge in [-0.3, -0.25) is 14.5 Å². The third-order valence-electron chi connectivity index (χ3n) is 4.49. The molecule has 0 radical (unpaired) electrons. The van der Waals surface area contributed by atoms with E-state index in [1.54, 1.807) is 19.2 Å². The molecule has 0 bridgehead atoms. The number of allylic oxidation sites excluding steroid dienone is 1. The fourth-order valence-electron chi connectivity index (χ4n) is 3.10. The zero-order chi connectivity index (χ0) is 19.3. The summed E-state index contributed by atoms with van der Waals surface area (Å²) in [7, 11) is 3.54. The van der Waals surface area contributed by atoms with Gasteiger partial charge >= 0.3 is 0 Å². The van der Waals surface area contributed by atoms with Gasteiger partial charge in [0.15, 0.2) is 5.78 Å². The van der Waals surface area contributed by atoms with Gasteiger partial charge in [-0.25, -0.2) is 0 Å². The molecule has 0 aliphatic carbocycles. The molecule has 26 heavy (non-hydrogen) atoms. The molecular formula is C21H27N3O2. The van der Waals surface area contributed by atoms with Crippen molar-refractivity contribution in [3.63, 3.8) is 0 Å². The highest BCUT2D eigenvalue weighted by Crippen LogP contribution is 2.16. The number of amides is 1. The first kappa shape index (κ1) is 19.7. The Morgan fingerprint density at radius 1 is 1.23 bits per heavy atom. The number of hydrogen-bond donors (Lipinski definition) is 1. The van der Waals surface area contributed by atoms with E-state index in [0.29, 0.717) is 25.2 Å². The van der Waals surface area contributed by atoms with E-state index in [2.05, 4.69) is 16.5 Å². The fourth-order valence-corrected chi connectivity index (χ4v) is 3.10. The summed E-state index contributed by atoms with van der Waals surface area (Å²) in [5.74, 6) is 0.00727. The van der Waals surface area contributed by atoms with Gasteiger partial charge in [-0.2, -0.15) is 0 Å². The predicted octanol–water partition coefficient (Wildman–Crippen LogP) is 2.97. The van der Waals surface area contributed by atoms with E-state index in [4.69, 9.17) is 0 Å². The lowest BCUT2D eigenvalue weighted by molar-refractivity contribution is 0.0940. The summed E-state index contributed by atoms with van der Waals surface area (Å²) in [5.41, 5.74) is 4.51. The molecule has 0 fully saturated rings. The number of aryl methyl sites for hydroxylation is 1. The van der Waals surface area contributed by atoms with Gasteiger partial charge < -0.3 is 9.88 Å². The van der Waals surface area contributed by atoms with Gasteiger partial charge in [0.1, 0.15) is 0 Å². The van der Waals surface area contributed by atoms with Gasteiger partial charge in [-0.15, -0.1) is 6.58 Å². The van der Waals surface area contributed by atoms with Gasteiger partial charge in [0.05, 0.1) is 6.54 Å². The largest absolute Gasteiger partial charge is 0.355 e. The van der Waals surface area contributed by atoms with Crippen LogP contribution in [0.4, 0.5) is 0 Å². The van der Waals surface area contributed by atoms with Crippen molar-refractivity contribution < 1.29 is 9.59 Å². The van der Waals surface area contributed by atoms with Gasteiger partial charge in [-0.05, 0) is 44.7 Å². The maximum Gasteiger partial charge on any atom is 0.251 e. The molecule has 5 nitrogen and oxygen atoms in total. The number of likely N-dealkylation sites (N-methyl/N-ethyl adjacent to an activating group) is 1. The average molecular weight is 353 g/mol. The number of nitrogens with one attached hydrogen (secondary N) is 1. The fraction of sp³-hybridized carbons (Fsp3) is 0.333. The van der Waals surface area contributed by atoms with Crippen LogP contribution >= 0.6 is 0 Å². The van der Waals surface area contributed by atoms with E-state index in [0.717, 1.165) is 22.5 Å². The van der Waals surface area contributed by atoms with Crippen molar-refractivity contribution in [1.82, 2.24) is 14.8 Å². The van der Waals surface area contributed by atoms with Crippen LogP contribution in [-0.4, -0.2) is 41.8 Å². The van der Waals surface area contributed by atoms with Gasteiger partial charge in [0.2, 0.25) is 0 Å². The molecular weight excluding hydrogens is 326 g/mol. The zero-order valence-electron chi connectivity index (χ0n) is 16.0. The minimum atomic E-state index is -0.102. The van der Waals surface area contributed by atoms with Crippen LogP contribution < -0.4 is 5.32 Å². The van der Waals surface area contributed by atoms with Crippen LogP contribution in [0.25, 0.3) is 0 Å². The third-order valence-corrected chi connectivity index (χ3v) is 4.49. The Labute approximate surface area is 155 Å². The van der Waals surface area contributed by atoms with Crippen molar-refractivity contribution in [1.29, 1.82) is 0 Å². The van der Waals surface area contributed by atoms with Gasteiger partial charge in [0, 0.05) is 42.7 Å². The number of ketones is 1. The molecule has 1 N–H and O–H groups in total. The molecule has 138 valence electrons. The molecule has 1 amide bonds. The maximum absolute atomic E-state index is 12.7. The second-order valence-corrected chi connectivity index (χ2v) is 6.56. The van der Waals surface area contributed by atoms with Gasteiger partial charge in [-0.1, -0.05) is 18.2 Å².